The molecule has 1 aromatic heterocycles. The van der Waals surface area contributed by atoms with E-state index in [9.17, 15) is 9.59 Å². The van der Waals surface area contributed by atoms with Crippen molar-refractivity contribution in [3.05, 3.63) is 117 Å². The highest BCUT2D eigenvalue weighted by molar-refractivity contribution is 5.99. The summed E-state index contributed by atoms with van der Waals surface area (Å²) in [6, 6.07) is 18.4. The molecule has 188 valence electrons. The average molecular weight is 496 g/mol. The van der Waals surface area contributed by atoms with E-state index in [0.717, 1.165) is 22.3 Å². The van der Waals surface area contributed by atoms with Crippen molar-refractivity contribution in [3.8, 4) is 11.5 Å². The third-order valence-electron chi connectivity index (χ3n) is 6.55. The van der Waals surface area contributed by atoms with Crippen LogP contribution in [0, 0.1) is 13.8 Å². The van der Waals surface area contributed by atoms with E-state index in [1.807, 2.05) is 81.4 Å². The molecule has 5 rings (SSSR count). The van der Waals surface area contributed by atoms with Crippen LogP contribution in [0.15, 0.2) is 82.5 Å². The molecule has 0 bridgehead atoms. The van der Waals surface area contributed by atoms with Gasteiger partial charge in [-0.15, -0.1) is 0 Å². The Balaban J connectivity index is 1.72. The van der Waals surface area contributed by atoms with Gasteiger partial charge in [-0.05, 0) is 61.2 Å². The van der Waals surface area contributed by atoms with E-state index in [1.165, 1.54) is 0 Å². The van der Waals surface area contributed by atoms with Crippen molar-refractivity contribution in [3.63, 3.8) is 0 Å². The molecule has 2 heterocycles. The van der Waals surface area contributed by atoms with Crippen molar-refractivity contribution < 1.29 is 18.7 Å². The first-order chi connectivity index (χ1) is 17.9. The van der Waals surface area contributed by atoms with E-state index >= 15 is 0 Å². The minimum atomic E-state index is -0.642. The van der Waals surface area contributed by atoms with Gasteiger partial charge in [-0.1, -0.05) is 55.1 Å². The second-order valence-electron chi connectivity index (χ2n) is 9.19. The van der Waals surface area contributed by atoms with Crippen molar-refractivity contribution in [2.24, 2.45) is 0 Å². The lowest BCUT2D eigenvalue weighted by Gasteiger charge is -2.26. The zero-order valence-electron chi connectivity index (χ0n) is 21.2. The minimum Gasteiger partial charge on any atom is -0.490 e. The van der Waals surface area contributed by atoms with Crippen LogP contribution in [0.3, 0.4) is 0 Å². The second kappa shape index (κ2) is 9.97. The van der Waals surface area contributed by atoms with Gasteiger partial charge in [-0.25, -0.2) is 0 Å². The first-order valence-electron chi connectivity index (χ1n) is 12.4. The van der Waals surface area contributed by atoms with Gasteiger partial charge in [-0.2, -0.15) is 0 Å². The van der Waals surface area contributed by atoms with E-state index < -0.39 is 6.04 Å². The first kappa shape index (κ1) is 24.4. The van der Waals surface area contributed by atoms with Crippen molar-refractivity contribution in [1.29, 1.82) is 0 Å². The van der Waals surface area contributed by atoms with Gasteiger partial charge in [0.05, 0.1) is 23.6 Å². The summed E-state index contributed by atoms with van der Waals surface area (Å²) >= 11 is 0. The molecule has 0 fully saturated rings. The maximum absolute atomic E-state index is 14.0. The van der Waals surface area contributed by atoms with Crippen LogP contribution in [0.25, 0.3) is 11.0 Å². The fourth-order valence-electron chi connectivity index (χ4n) is 5.03. The van der Waals surface area contributed by atoms with Crippen molar-refractivity contribution in [1.82, 2.24) is 4.90 Å². The first-order valence-corrected chi connectivity index (χ1v) is 12.4. The molecule has 6 nitrogen and oxygen atoms in total. The fourth-order valence-corrected chi connectivity index (χ4v) is 5.03. The normalized spacial score (nSPS) is 14.6. The Hall–Kier alpha value is -4.32. The maximum atomic E-state index is 14.0. The largest absolute Gasteiger partial charge is 0.490 e. The van der Waals surface area contributed by atoms with E-state index in [-0.39, 0.29) is 17.1 Å². The molecule has 1 amide bonds. The molecule has 1 unspecified atom stereocenters. The van der Waals surface area contributed by atoms with Gasteiger partial charge in [0.15, 0.2) is 16.9 Å². The molecule has 6 heteroatoms. The van der Waals surface area contributed by atoms with E-state index in [1.54, 1.807) is 11.0 Å². The maximum Gasteiger partial charge on any atom is 0.291 e. The summed E-state index contributed by atoms with van der Waals surface area (Å²) in [6.45, 7) is 10.5. The van der Waals surface area contributed by atoms with Crippen molar-refractivity contribution in [2.45, 2.75) is 33.4 Å². The van der Waals surface area contributed by atoms with Crippen LogP contribution < -0.4 is 14.9 Å². The summed E-state index contributed by atoms with van der Waals surface area (Å²) in [6.07, 6.45) is 1.66. The molecule has 0 N–H and O–H groups in total. The van der Waals surface area contributed by atoms with Crippen LogP contribution >= 0.6 is 0 Å². The van der Waals surface area contributed by atoms with Gasteiger partial charge in [-0.3, -0.25) is 9.59 Å². The molecule has 0 radical (unpaired) electrons. The smallest absolute Gasteiger partial charge is 0.291 e. The molecule has 0 saturated heterocycles. The Morgan fingerprint density at radius 1 is 1.00 bits per heavy atom. The Morgan fingerprint density at radius 2 is 1.78 bits per heavy atom. The number of carbonyl (C=O) groups excluding carboxylic acids is 1. The number of benzene rings is 3. The molecule has 0 saturated carbocycles. The minimum absolute atomic E-state index is 0.0911. The molecule has 1 atom stereocenters. The zero-order chi connectivity index (χ0) is 26.1. The predicted molar refractivity (Wildman–Crippen MR) is 143 cm³/mol. The van der Waals surface area contributed by atoms with Crippen LogP contribution in [0.5, 0.6) is 11.5 Å². The molecule has 1 aliphatic heterocycles. The lowest BCUT2D eigenvalue weighted by atomic mass is 9.96. The van der Waals surface area contributed by atoms with Gasteiger partial charge >= 0.3 is 0 Å². The molecule has 3 aromatic carbocycles. The third-order valence-corrected chi connectivity index (χ3v) is 6.55. The molecular weight excluding hydrogens is 466 g/mol. The fraction of sp³-hybridized carbons (Fsp3) is 0.226. The monoisotopic (exact) mass is 495 g/mol. The second-order valence-corrected chi connectivity index (χ2v) is 9.19. The van der Waals surface area contributed by atoms with Gasteiger partial charge < -0.3 is 18.8 Å². The topological polar surface area (TPSA) is 69.0 Å². The Bertz CT molecular complexity index is 1550. The van der Waals surface area contributed by atoms with Gasteiger partial charge in [0.25, 0.3) is 5.91 Å². The molecular formula is C31H29NO5. The summed E-state index contributed by atoms with van der Waals surface area (Å²) in [7, 11) is 0. The molecule has 4 aromatic rings. The Labute approximate surface area is 215 Å². The number of hydrogen-bond donors (Lipinski definition) is 0. The number of carbonyl (C=O) groups is 1. The van der Waals surface area contributed by atoms with Crippen LogP contribution in [0.2, 0.25) is 0 Å². The van der Waals surface area contributed by atoms with E-state index in [2.05, 4.69) is 6.58 Å². The number of ether oxygens (including phenoxy) is 2. The number of rotatable bonds is 8. The highest BCUT2D eigenvalue weighted by Gasteiger charge is 2.43. The lowest BCUT2D eigenvalue weighted by Crippen LogP contribution is -2.29. The molecule has 0 aliphatic carbocycles. The number of amides is 1. The third kappa shape index (κ3) is 4.40. The highest BCUT2D eigenvalue weighted by atomic mass is 16.5. The van der Waals surface area contributed by atoms with Crippen LogP contribution in [-0.4, -0.2) is 24.0 Å². The van der Waals surface area contributed by atoms with Gasteiger partial charge in [0, 0.05) is 6.54 Å². The van der Waals surface area contributed by atoms with Crippen molar-refractivity contribution in [2.75, 3.05) is 13.2 Å². The van der Waals surface area contributed by atoms with Crippen LogP contribution in [0.1, 0.15) is 51.3 Å². The zero-order valence-corrected chi connectivity index (χ0v) is 21.2. The van der Waals surface area contributed by atoms with Gasteiger partial charge in [0.2, 0.25) is 5.76 Å². The highest BCUT2D eigenvalue weighted by Crippen LogP contribution is 2.42. The number of aryl methyl sites for hydroxylation is 2. The number of fused-ring (bicyclic) bond motifs is 2. The Morgan fingerprint density at radius 3 is 2.51 bits per heavy atom. The van der Waals surface area contributed by atoms with E-state index in [0.29, 0.717) is 47.8 Å². The summed E-state index contributed by atoms with van der Waals surface area (Å²) in [4.78, 5) is 29.5. The summed E-state index contributed by atoms with van der Waals surface area (Å²) in [5.41, 5.74) is 4.07. The predicted octanol–water partition coefficient (Wildman–Crippen LogP) is 6.12. The summed E-state index contributed by atoms with van der Waals surface area (Å²) < 4.78 is 17.8. The van der Waals surface area contributed by atoms with Crippen LogP contribution in [0.4, 0.5) is 0 Å². The SMILES string of the molecule is C=CCOc1ccc(C2c3c(oc4cc(C)cc(C)c4c3=O)C(=O)N2Cc2ccccc2)cc1OCC. The summed E-state index contributed by atoms with van der Waals surface area (Å²) in [5.74, 6) is 0.890. The number of hydrogen-bond acceptors (Lipinski definition) is 5. The Kier molecular flexibility index (Phi) is 6.57. The number of nitrogens with zero attached hydrogens (tertiary/aromatic N) is 1. The standard InChI is InChI=1S/C31H29NO5/c1-5-14-36-23-13-12-22(17-24(23)35-6-2)28-27-29(33)26-20(4)15-19(3)16-25(26)37-30(27)31(34)32(28)18-21-10-8-7-9-11-21/h5,7-13,15-17,28H,1,6,14,18H2,2-4H3. The van der Waals surface area contributed by atoms with E-state index in [4.69, 9.17) is 13.9 Å². The summed E-state index contributed by atoms with van der Waals surface area (Å²) in [5, 5.41) is 0.500. The average Bonchev–Trinajstić information content (AvgIpc) is 3.15. The molecule has 0 spiro atoms. The lowest BCUT2D eigenvalue weighted by molar-refractivity contribution is 0.0714. The molecule has 1 aliphatic rings. The quantitative estimate of drug-likeness (QED) is 0.276. The van der Waals surface area contributed by atoms with Gasteiger partial charge in [0.1, 0.15) is 12.2 Å². The van der Waals surface area contributed by atoms with Crippen LogP contribution in [-0.2, 0) is 6.54 Å². The molecule has 37 heavy (non-hydrogen) atoms. The van der Waals surface area contributed by atoms with Crippen molar-refractivity contribution >= 4 is 16.9 Å².